The highest BCUT2D eigenvalue weighted by Crippen LogP contribution is 2.30. The van der Waals surface area contributed by atoms with Crippen LogP contribution in [0, 0.1) is 12.3 Å². The number of thiophene rings is 1. The Bertz CT molecular complexity index is 362. The van der Waals surface area contributed by atoms with Crippen LogP contribution < -0.4 is 5.32 Å². The molecule has 2 rings (SSSR count). The number of terminal acetylenes is 1. The van der Waals surface area contributed by atoms with Crippen LogP contribution in [0.1, 0.15) is 25.3 Å². The summed E-state index contributed by atoms with van der Waals surface area (Å²) in [6.07, 6.45) is 7.95. The summed E-state index contributed by atoms with van der Waals surface area (Å²) >= 11 is 1.78. The Labute approximate surface area is 108 Å². The highest BCUT2D eigenvalue weighted by molar-refractivity contribution is 7.07. The van der Waals surface area contributed by atoms with Crippen LogP contribution in [-0.4, -0.2) is 30.1 Å². The summed E-state index contributed by atoms with van der Waals surface area (Å²) in [4.78, 5) is 2.60. The van der Waals surface area contributed by atoms with E-state index in [1.165, 1.54) is 18.4 Å². The number of hydrogen-bond donors (Lipinski definition) is 1. The molecule has 3 heteroatoms. The maximum atomic E-state index is 5.25. The van der Waals surface area contributed by atoms with E-state index < -0.39 is 0 Å². The topological polar surface area (TPSA) is 15.3 Å². The van der Waals surface area contributed by atoms with Crippen LogP contribution >= 0.6 is 11.3 Å². The number of nitrogens with one attached hydrogen (secondary N) is 1. The molecule has 1 aliphatic carbocycles. The Hall–Kier alpha value is -0.820. The lowest BCUT2D eigenvalue weighted by atomic mass is 10.2. The minimum atomic E-state index is 0.552. The van der Waals surface area contributed by atoms with E-state index in [-0.39, 0.29) is 0 Å². The molecule has 17 heavy (non-hydrogen) atoms. The van der Waals surface area contributed by atoms with E-state index >= 15 is 0 Å². The van der Waals surface area contributed by atoms with Crippen LogP contribution in [-0.2, 0) is 6.54 Å². The molecule has 1 N–H and O–H groups in total. The van der Waals surface area contributed by atoms with Crippen molar-refractivity contribution in [2.24, 2.45) is 0 Å². The van der Waals surface area contributed by atoms with Crippen molar-refractivity contribution >= 4 is 11.3 Å². The predicted octanol–water partition coefficient (Wildman–Crippen LogP) is 2.32. The molecule has 1 heterocycles. The summed E-state index contributed by atoms with van der Waals surface area (Å²) in [5.74, 6) is 2.62. The van der Waals surface area contributed by atoms with Gasteiger partial charge in [0.1, 0.15) is 0 Å². The van der Waals surface area contributed by atoms with Gasteiger partial charge in [0.2, 0.25) is 0 Å². The fraction of sp³-hybridized carbons (Fsp3) is 0.571. The Kier molecular flexibility index (Phi) is 4.61. The van der Waals surface area contributed by atoms with Gasteiger partial charge in [0, 0.05) is 25.2 Å². The van der Waals surface area contributed by atoms with E-state index in [2.05, 4.69) is 39.9 Å². The average molecular weight is 248 g/mol. The van der Waals surface area contributed by atoms with Gasteiger partial charge in [0.25, 0.3) is 0 Å². The molecule has 0 bridgehead atoms. The number of hydrogen-bond acceptors (Lipinski definition) is 3. The smallest absolute Gasteiger partial charge is 0.0574 e. The zero-order valence-corrected chi connectivity index (χ0v) is 11.2. The first kappa shape index (κ1) is 12.6. The predicted molar refractivity (Wildman–Crippen MR) is 74.0 cm³/mol. The Balaban J connectivity index is 1.86. The van der Waals surface area contributed by atoms with Gasteiger partial charge in [-0.15, -0.1) is 6.42 Å². The normalized spacial score (nSPS) is 17.0. The molecule has 0 aromatic carbocycles. The van der Waals surface area contributed by atoms with Crippen molar-refractivity contribution < 1.29 is 0 Å². The van der Waals surface area contributed by atoms with Gasteiger partial charge in [0.15, 0.2) is 0 Å². The van der Waals surface area contributed by atoms with E-state index in [0.29, 0.717) is 12.6 Å². The summed E-state index contributed by atoms with van der Waals surface area (Å²) in [6.45, 7) is 5.01. The van der Waals surface area contributed by atoms with Crippen molar-refractivity contribution in [3.63, 3.8) is 0 Å². The molecule has 0 aliphatic heterocycles. The van der Waals surface area contributed by atoms with Crippen LogP contribution in [0.2, 0.25) is 0 Å². The molecule has 92 valence electrons. The zero-order valence-electron chi connectivity index (χ0n) is 10.4. The first-order chi connectivity index (χ1) is 8.31. The van der Waals surface area contributed by atoms with E-state index in [0.717, 1.165) is 19.1 Å². The first-order valence-electron chi connectivity index (χ1n) is 6.22. The fourth-order valence-electron chi connectivity index (χ4n) is 2.11. The third-order valence-corrected chi connectivity index (χ3v) is 3.93. The van der Waals surface area contributed by atoms with Crippen LogP contribution in [0.5, 0.6) is 0 Å². The highest BCUT2D eigenvalue weighted by atomic mass is 32.1. The second-order valence-corrected chi connectivity index (χ2v) is 5.50. The molecule has 2 nitrogen and oxygen atoms in total. The van der Waals surface area contributed by atoms with E-state index in [1.807, 2.05) is 0 Å². The van der Waals surface area contributed by atoms with E-state index in [4.69, 9.17) is 6.42 Å². The summed E-state index contributed by atoms with van der Waals surface area (Å²) in [7, 11) is 0. The van der Waals surface area contributed by atoms with Gasteiger partial charge >= 0.3 is 0 Å². The van der Waals surface area contributed by atoms with Gasteiger partial charge in [-0.2, -0.15) is 11.3 Å². The van der Waals surface area contributed by atoms with Crippen molar-refractivity contribution in [1.82, 2.24) is 10.2 Å². The molecule has 0 spiro atoms. The molecule has 1 aromatic heterocycles. The SMILES string of the molecule is C#CCNCC(C)N(Cc1ccsc1)C1CC1. The molecular weight excluding hydrogens is 228 g/mol. The molecule has 0 saturated heterocycles. The zero-order chi connectivity index (χ0) is 12.1. The summed E-state index contributed by atoms with van der Waals surface area (Å²) in [5, 5.41) is 7.70. The second-order valence-electron chi connectivity index (χ2n) is 4.72. The van der Waals surface area contributed by atoms with Crippen LogP contribution in [0.15, 0.2) is 16.8 Å². The van der Waals surface area contributed by atoms with Crippen LogP contribution in [0.3, 0.4) is 0 Å². The largest absolute Gasteiger partial charge is 0.305 e. The van der Waals surface area contributed by atoms with Crippen LogP contribution in [0.4, 0.5) is 0 Å². The fourth-order valence-corrected chi connectivity index (χ4v) is 2.77. The summed E-state index contributed by atoms with van der Waals surface area (Å²) < 4.78 is 0. The van der Waals surface area contributed by atoms with E-state index in [1.54, 1.807) is 11.3 Å². The summed E-state index contributed by atoms with van der Waals surface area (Å²) in [6, 6.07) is 3.56. The molecule has 1 aromatic rings. The lowest BCUT2D eigenvalue weighted by Crippen LogP contribution is -2.41. The molecular formula is C14H20N2S. The lowest BCUT2D eigenvalue weighted by Gasteiger charge is -2.29. The minimum absolute atomic E-state index is 0.552. The van der Waals surface area contributed by atoms with Gasteiger partial charge in [-0.3, -0.25) is 4.90 Å². The molecule has 1 atom stereocenters. The molecule has 1 saturated carbocycles. The molecule has 1 unspecified atom stereocenters. The van der Waals surface area contributed by atoms with Crippen molar-refractivity contribution in [2.45, 2.75) is 38.4 Å². The lowest BCUT2D eigenvalue weighted by molar-refractivity contribution is 0.187. The number of nitrogens with zero attached hydrogens (tertiary/aromatic N) is 1. The monoisotopic (exact) mass is 248 g/mol. The second kappa shape index (κ2) is 6.20. The summed E-state index contributed by atoms with van der Waals surface area (Å²) in [5.41, 5.74) is 1.44. The maximum absolute atomic E-state index is 5.25. The Morgan fingerprint density at radius 1 is 1.65 bits per heavy atom. The first-order valence-corrected chi connectivity index (χ1v) is 7.16. The van der Waals surface area contributed by atoms with Gasteiger partial charge in [-0.25, -0.2) is 0 Å². The van der Waals surface area contributed by atoms with Crippen molar-refractivity contribution in [3.05, 3.63) is 22.4 Å². The van der Waals surface area contributed by atoms with Crippen molar-refractivity contribution in [3.8, 4) is 12.3 Å². The molecule has 0 radical (unpaired) electrons. The standard InChI is InChI=1S/C14H20N2S/c1-3-7-15-9-12(2)16(14-4-5-14)10-13-6-8-17-11-13/h1,6,8,11-12,14-15H,4-5,7,9-10H2,2H3. The van der Waals surface area contributed by atoms with Gasteiger partial charge in [-0.05, 0) is 42.2 Å². The van der Waals surface area contributed by atoms with Gasteiger partial charge in [0.05, 0.1) is 6.54 Å². The highest BCUT2D eigenvalue weighted by Gasteiger charge is 2.31. The minimum Gasteiger partial charge on any atom is -0.305 e. The third-order valence-electron chi connectivity index (χ3n) is 3.19. The quantitative estimate of drug-likeness (QED) is 0.588. The number of rotatable bonds is 7. The van der Waals surface area contributed by atoms with Crippen molar-refractivity contribution in [1.29, 1.82) is 0 Å². The third kappa shape index (κ3) is 3.85. The van der Waals surface area contributed by atoms with Gasteiger partial charge < -0.3 is 5.32 Å². The Morgan fingerprint density at radius 3 is 3.06 bits per heavy atom. The van der Waals surface area contributed by atoms with Gasteiger partial charge in [-0.1, -0.05) is 5.92 Å². The average Bonchev–Trinajstić information content (AvgIpc) is 3.03. The van der Waals surface area contributed by atoms with Crippen molar-refractivity contribution in [2.75, 3.05) is 13.1 Å². The Morgan fingerprint density at radius 2 is 2.47 bits per heavy atom. The molecule has 0 amide bonds. The van der Waals surface area contributed by atoms with E-state index in [9.17, 15) is 0 Å². The van der Waals surface area contributed by atoms with Crippen LogP contribution in [0.25, 0.3) is 0 Å². The molecule has 1 fully saturated rings. The maximum Gasteiger partial charge on any atom is 0.0574 e. The molecule has 1 aliphatic rings.